The van der Waals surface area contributed by atoms with Crippen molar-refractivity contribution in [2.24, 2.45) is 5.84 Å². The highest BCUT2D eigenvalue weighted by Gasteiger charge is 2.09. The zero-order valence-corrected chi connectivity index (χ0v) is 11.3. The largest absolute Gasteiger partial charge is 0.497 e. The van der Waals surface area contributed by atoms with Crippen LogP contribution in [0, 0.1) is 6.92 Å². The molecule has 1 aromatic heterocycles. The van der Waals surface area contributed by atoms with E-state index in [1.807, 2.05) is 13.0 Å². The molecule has 0 unspecified atom stereocenters. The Balaban J connectivity index is 2.14. The van der Waals surface area contributed by atoms with Crippen molar-refractivity contribution in [1.82, 2.24) is 4.98 Å². The first-order chi connectivity index (χ1) is 9.63. The number of nitrogens with one attached hydrogen (secondary N) is 2. The Morgan fingerprint density at radius 1 is 1.30 bits per heavy atom. The lowest BCUT2D eigenvalue weighted by Crippen LogP contribution is -2.15. The predicted octanol–water partition coefficient (Wildman–Crippen LogP) is 1.94. The highest BCUT2D eigenvalue weighted by Crippen LogP contribution is 2.21. The topological polar surface area (TPSA) is 89.3 Å². The zero-order valence-electron chi connectivity index (χ0n) is 11.3. The molecule has 0 saturated carbocycles. The predicted molar refractivity (Wildman–Crippen MR) is 77.7 cm³/mol. The Labute approximate surface area is 116 Å². The third-order valence-electron chi connectivity index (χ3n) is 2.84. The molecule has 0 aliphatic carbocycles. The second-order valence-corrected chi connectivity index (χ2v) is 4.21. The van der Waals surface area contributed by atoms with Gasteiger partial charge in [-0.25, -0.2) is 4.98 Å². The van der Waals surface area contributed by atoms with E-state index in [1.54, 1.807) is 31.4 Å². The summed E-state index contributed by atoms with van der Waals surface area (Å²) < 4.78 is 5.12. The van der Waals surface area contributed by atoms with Crippen molar-refractivity contribution in [3.05, 3.63) is 47.8 Å². The van der Waals surface area contributed by atoms with Gasteiger partial charge in [0.05, 0.1) is 19.0 Å². The van der Waals surface area contributed by atoms with Gasteiger partial charge in [-0.05, 0) is 42.8 Å². The molecule has 4 N–H and O–H groups in total. The Hall–Kier alpha value is -2.60. The van der Waals surface area contributed by atoms with E-state index >= 15 is 0 Å². The molecule has 0 saturated heterocycles. The molecule has 20 heavy (non-hydrogen) atoms. The van der Waals surface area contributed by atoms with Crippen molar-refractivity contribution >= 4 is 17.3 Å². The quantitative estimate of drug-likeness (QED) is 0.584. The highest BCUT2D eigenvalue weighted by molar-refractivity contribution is 6.03. The Kier molecular flexibility index (Phi) is 4.17. The van der Waals surface area contributed by atoms with Gasteiger partial charge in [-0.1, -0.05) is 0 Å². The number of nitrogen functional groups attached to an aromatic ring is 1. The smallest absolute Gasteiger partial charge is 0.274 e. The standard InChI is InChI=1S/C14H16N4O2/c1-9-7-11(20-2)4-6-12(9)17-14(19)13-5-3-10(18-15)8-16-13/h3-8,18H,15H2,1-2H3,(H,17,19). The lowest BCUT2D eigenvalue weighted by atomic mass is 10.2. The van der Waals surface area contributed by atoms with Crippen LogP contribution in [0.5, 0.6) is 5.75 Å². The fourth-order valence-corrected chi connectivity index (χ4v) is 1.70. The van der Waals surface area contributed by atoms with E-state index in [9.17, 15) is 4.79 Å². The molecule has 2 aromatic rings. The number of aromatic nitrogens is 1. The minimum Gasteiger partial charge on any atom is -0.497 e. The van der Waals surface area contributed by atoms with Crippen LogP contribution in [-0.2, 0) is 0 Å². The highest BCUT2D eigenvalue weighted by atomic mass is 16.5. The SMILES string of the molecule is COc1ccc(NC(=O)c2ccc(NN)cn2)c(C)c1. The summed E-state index contributed by atoms with van der Waals surface area (Å²) in [4.78, 5) is 16.1. The van der Waals surface area contributed by atoms with E-state index in [0.29, 0.717) is 11.4 Å². The minimum absolute atomic E-state index is 0.276. The third kappa shape index (κ3) is 3.04. The summed E-state index contributed by atoms with van der Waals surface area (Å²) in [6, 6.07) is 8.72. The molecule has 0 aliphatic heterocycles. The number of ether oxygens (including phenoxy) is 1. The van der Waals surface area contributed by atoms with E-state index in [0.717, 1.165) is 17.0 Å². The average molecular weight is 272 g/mol. The van der Waals surface area contributed by atoms with Gasteiger partial charge in [0, 0.05) is 5.69 Å². The number of aryl methyl sites for hydroxylation is 1. The van der Waals surface area contributed by atoms with Gasteiger partial charge in [-0.2, -0.15) is 0 Å². The first-order valence-electron chi connectivity index (χ1n) is 6.02. The summed E-state index contributed by atoms with van der Waals surface area (Å²) in [5.41, 5.74) is 5.05. The Bertz CT molecular complexity index is 611. The number of hydrogen-bond acceptors (Lipinski definition) is 5. The molecule has 6 heteroatoms. The normalized spacial score (nSPS) is 9.95. The van der Waals surface area contributed by atoms with Crippen LogP contribution in [0.25, 0.3) is 0 Å². The van der Waals surface area contributed by atoms with Crippen LogP contribution < -0.4 is 21.3 Å². The molecule has 1 heterocycles. The molecule has 2 rings (SSSR count). The molecule has 1 aromatic carbocycles. The van der Waals surface area contributed by atoms with E-state index in [-0.39, 0.29) is 5.91 Å². The first kappa shape index (κ1) is 13.8. The molecular formula is C14H16N4O2. The number of pyridine rings is 1. The van der Waals surface area contributed by atoms with Crippen LogP contribution in [0.1, 0.15) is 16.1 Å². The van der Waals surface area contributed by atoms with Gasteiger partial charge in [-0.15, -0.1) is 0 Å². The number of carbonyl (C=O) groups is 1. The van der Waals surface area contributed by atoms with Gasteiger partial charge in [0.15, 0.2) is 0 Å². The molecule has 0 radical (unpaired) electrons. The van der Waals surface area contributed by atoms with Gasteiger partial charge in [-0.3, -0.25) is 10.6 Å². The molecule has 104 valence electrons. The van der Waals surface area contributed by atoms with Gasteiger partial charge in [0.1, 0.15) is 11.4 Å². The van der Waals surface area contributed by atoms with Crippen molar-refractivity contribution in [3.63, 3.8) is 0 Å². The van der Waals surface area contributed by atoms with Gasteiger partial charge < -0.3 is 15.5 Å². The lowest BCUT2D eigenvalue weighted by molar-refractivity contribution is 0.102. The van der Waals surface area contributed by atoms with Gasteiger partial charge >= 0.3 is 0 Å². The zero-order chi connectivity index (χ0) is 14.5. The molecular weight excluding hydrogens is 256 g/mol. The summed E-state index contributed by atoms with van der Waals surface area (Å²) in [5, 5.41) is 2.81. The van der Waals surface area contributed by atoms with Crippen molar-refractivity contribution < 1.29 is 9.53 Å². The number of methoxy groups -OCH3 is 1. The number of rotatable bonds is 4. The summed E-state index contributed by atoms with van der Waals surface area (Å²) in [5.74, 6) is 5.72. The van der Waals surface area contributed by atoms with Crippen molar-refractivity contribution in [3.8, 4) is 5.75 Å². The van der Waals surface area contributed by atoms with Crippen molar-refractivity contribution in [1.29, 1.82) is 0 Å². The number of carbonyl (C=O) groups excluding carboxylic acids is 1. The molecule has 0 bridgehead atoms. The summed E-state index contributed by atoms with van der Waals surface area (Å²) in [6.45, 7) is 1.90. The number of amides is 1. The van der Waals surface area contributed by atoms with Crippen molar-refractivity contribution in [2.75, 3.05) is 17.9 Å². The monoisotopic (exact) mass is 272 g/mol. The van der Waals surface area contributed by atoms with Gasteiger partial charge in [0.25, 0.3) is 5.91 Å². The van der Waals surface area contributed by atoms with E-state index in [2.05, 4.69) is 15.7 Å². The van der Waals surface area contributed by atoms with Crippen LogP contribution in [0.3, 0.4) is 0 Å². The number of nitrogens with zero attached hydrogens (tertiary/aromatic N) is 1. The maximum atomic E-state index is 12.1. The average Bonchev–Trinajstić information content (AvgIpc) is 2.49. The first-order valence-corrected chi connectivity index (χ1v) is 6.02. The summed E-state index contributed by atoms with van der Waals surface area (Å²) in [6.07, 6.45) is 1.50. The number of anilines is 2. The van der Waals surface area contributed by atoms with Crippen LogP contribution in [0.2, 0.25) is 0 Å². The maximum Gasteiger partial charge on any atom is 0.274 e. The number of hydrogen-bond donors (Lipinski definition) is 3. The molecule has 1 amide bonds. The minimum atomic E-state index is -0.276. The van der Waals surface area contributed by atoms with Crippen LogP contribution in [-0.4, -0.2) is 18.0 Å². The van der Waals surface area contributed by atoms with Crippen LogP contribution in [0.15, 0.2) is 36.5 Å². The lowest BCUT2D eigenvalue weighted by Gasteiger charge is -2.09. The van der Waals surface area contributed by atoms with E-state index in [1.165, 1.54) is 6.20 Å². The third-order valence-corrected chi connectivity index (χ3v) is 2.84. The molecule has 0 aliphatic rings. The summed E-state index contributed by atoms with van der Waals surface area (Å²) in [7, 11) is 1.60. The van der Waals surface area contributed by atoms with Crippen LogP contribution in [0.4, 0.5) is 11.4 Å². The van der Waals surface area contributed by atoms with Crippen LogP contribution >= 0.6 is 0 Å². The van der Waals surface area contributed by atoms with E-state index in [4.69, 9.17) is 10.6 Å². The fraction of sp³-hybridized carbons (Fsp3) is 0.143. The van der Waals surface area contributed by atoms with E-state index < -0.39 is 0 Å². The number of hydrazine groups is 1. The summed E-state index contributed by atoms with van der Waals surface area (Å²) >= 11 is 0. The second kappa shape index (κ2) is 6.03. The number of benzene rings is 1. The maximum absolute atomic E-state index is 12.1. The Morgan fingerprint density at radius 3 is 2.65 bits per heavy atom. The molecule has 0 fully saturated rings. The van der Waals surface area contributed by atoms with Crippen molar-refractivity contribution in [2.45, 2.75) is 6.92 Å². The van der Waals surface area contributed by atoms with Gasteiger partial charge in [0.2, 0.25) is 0 Å². The molecule has 6 nitrogen and oxygen atoms in total. The molecule has 0 atom stereocenters. The Morgan fingerprint density at radius 2 is 2.10 bits per heavy atom. The second-order valence-electron chi connectivity index (χ2n) is 4.21. The fourth-order valence-electron chi connectivity index (χ4n) is 1.70. The number of nitrogens with two attached hydrogens (primary N) is 1. The molecule has 0 spiro atoms.